The maximum Gasteiger partial charge on any atom is 0.253 e. The van der Waals surface area contributed by atoms with E-state index in [1.54, 1.807) is 37.5 Å². The van der Waals surface area contributed by atoms with Crippen LogP contribution in [0.3, 0.4) is 0 Å². The van der Waals surface area contributed by atoms with Gasteiger partial charge in [0.05, 0.1) is 6.61 Å². The minimum absolute atomic E-state index is 0.147. The van der Waals surface area contributed by atoms with Crippen molar-refractivity contribution >= 4 is 11.6 Å². The Bertz CT molecular complexity index is 656. The van der Waals surface area contributed by atoms with Crippen LogP contribution in [0.2, 0.25) is 0 Å². The van der Waals surface area contributed by atoms with Crippen molar-refractivity contribution in [2.45, 2.75) is 25.9 Å². The molecule has 1 atom stereocenters. The number of amides is 1. The van der Waals surface area contributed by atoms with Crippen LogP contribution in [0.5, 0.6) is 11.5 Å². The monoisotopic (exact) mass is 312 g/mol. The molecule has 1 N–H and O–H groups in total. The second kappa shape index (κ2) is 7.24. The van der Waals surface area contributed by atoms with Crippen LogP contribution in [-0.4, -0.2) is 23.6 Å². The van der Waals surface area contributed by atoms with Gasteiger partial charge in [0.15, 0.2) is 0 Å². The number of anilines is 1. The number of benzene rings is 1. The maximum atomic E-state index is 12.1. The van der Waals surface area contributed by atoms with Crippen molar-refractivity contribution < 1.29 is 14.3 Å². The Morgan fingerprint density at radius 1 is 1.26 bits per heavy atom. The van der Waals surface area contributed by atoms with Gasteiger partial charge in [-0.1, -0.05) is 6.07 Å². The van der Waals surface area contributed by atoms with Gasteiger partial charge in [-0.25, -0.2) is 0 Å². The van der Waals surface area contributed by atoms with E-state index in [1.165, 1.54) is 12.8 Å². The first-order valence-electron chi connectivity index (χ1n) is 7.81. The Morgan fingerprint density at radius 2 is 2.04 bits per heavy atom. The van der Waals surface area contributed by atoms with Gasteiger partial charge in [-0.05, 0) is 49.9 Å². The lowest BCUT2D eigenvalue weighted by Gasteiger charge is -2.14. The molecule has 1 aromatic carbocycles. The summed E-state index contributed by atoms with van der Waals surface area (Å²) in [5.74, 6) is 1.85. The van der Waals surface area contributed by atoms with E-state index in [9.17, 15) is 4.79 Å². The van der Waals surface area contributed by atoms with Crippen LogP contribution in [0.15, 0.2) is 48.8 Å². The van der Waals surface area contributed by atoms with Gasteiger partial charge >= 0.3 is 0 Å². The van der Waals surface area contributed by atoms with E-state index in [0.717, 1.165) is 0 Å². The van der Waals surface area contributed by atoms with Gasteiger partial charge < -0.3 is 14.8 Å². The number of hydrogen-bond acceptors (Lipinski definition) is 4. The number of rotatable bonds is 7. The van der Waals surface area contributed by atoms with E-state index in [4.69, 9.17) is 9.47 Å². The molecule has 23 heavy (non-hydrogen) atoms. The number of ether oxygens (including phenoxy) is 2. The fourth-order valence-corrected chi connectivity index (χ4v) is 2.06. The lowest BCUT2D eigenvalue weighted by Crippen LogP contribution is -2.28. The Morgan fingerprint density at radius 3 is 2.78 bits per heavy atom. The summed E-state index contributed by atoms with van der Waals surface area (Å²) in [5.41, 5.74) is 0.684. The largest absolute Gasteiger partial charge is 0.457 e. The third-order valence-corrected chi connectivity index (χ3v) is 3.64. The number of pyridine rings is 1. The Hall–Kier alpha value is -2.40. The molecule has 5 heteroatoms. The van der Waals surface area contributed by atoms with Crippen molar-refractivity contribution in [2.75, 3.05) is 11.9 Å². The van der Waals surface area contributed by atoms with Crippen molar-refractivity contribution in [2.24, 2.45) is 5.92 Å². The maximum absolute atomic E-state index is 12.1. The molecule has 3 rings (SSSR count). The molecule has 0 spiro atoms. The SMILES string of the molecule is C[C@@H](OCC1CC1)C(=O)Nc1cccc(Oc2ccncc2)c1. The van der Waals surface area contributed by atoms with Crippen molar-refractivity contribution in [1.29, 1.82) is 0 Å². The topological polar surface area (TPSA) is 60.5 Å². The molecule has 0 aliphatic heterocycles. The zero-order valence-electron chi connectivity index (χ0n) is 13.1. The van der Waals surface area contributed by atoms with Gasteiger partial charge in [0.1, 0.15) is 17.6 Å². The number of carbonyl (C=O) groups is 1. The van der Waals surface area contributed by atoms with E-state index in [-0.39, 0.29) is 5.91 Å². The van der Waals surface area contributed by atoms with E-state index >= 15 is 0 Å². The molecule has 0 radical (unpaired) electrons. The molecule has 1 amide bonds. The van der Waals surface area contributed by atoms with Crippen molar-refractivity contribution in [1.82, 2.24) is 4.98 Å². The zero-order chi connectivity index (χ0) is 16.1. The molecular weight excluding hydrogens is 292 g/mol. The van der Waals surface area contributed by atoms with Crippen LogP contribution in [0.25, 0.3) is 0 Å². The van der Waals surface area contributed by atoms with E-state index < -0.39 is 6.10 Å². The average Bonchev–Trinajstić information content (AvgIpc) is 3.38. The molecule has 0 unspecified atom stereocenters. The molecule has 1 aliphatic carbocycles. The summed E-state index contributed by atoms with van der Waals surface area (Å²) in [7, 11) is 0. The third-order valence-electron chi connectivity index (χ3n) is 3.64. The fraction of sp³-hybridized carbons (Fsp3) is 0.333. The average molecular weight is 312 g/mol. The Kier molecular flexibility index (Phi) is 4.88. The second-order valence-corrected chi connectivity index (χ2v) is 5.72. The van der Waals surface area contributed by atoms with Gasteiger partial charge in [0.25, 0.3) is 5.91 Å². The summed E-state index contributed by atoms with van der Waals surface area (Å²) in [5, 5.41) is 2.86. The number of carbonyl (C=O) groups excluding carboxylic acids is 1. The smallest absolute Gasteiger partial charge is 0.253 e. The van der Waals surface area contributed by atoms with Gasteiger partial charge in [0, 0.05) is 24.1 Å². The molecule has 2 aromatic rings. The summed E-state index contributed by atoms with van der Waals surface area (Å²) >= 11 is 0. The van der Waals surface area contributed by atoms with Crippen LogP contribution in [0.4, 0.5) is 5.69 Å². The Labute approximate surface area is 135 Å². The van der Waals surface area contributed by atoms with Gasteiger partial charge in [-0.3, -0.25) is 9.78 Å². The highest BCUT2D eigenvalue weighted by molar-refractivity contribution is 5.94. The van der Waals surface area contributed by atoms with Crippen molar-refractivity contribution in [3.63, 3.8) is 0 Å². The van der Waals surface area contributed by atoms with E-state index in [1.807, 2.05) is 18.2 Å². The zero-order valence-corrected chi connectivity index (χ0v) is 13.1. The number of aromatic nitrogens is 1. The van der Waals surface area contributed by atoms with Gasteiger partial charge in [0.2, 0.25) is 0 Å². The highest BCUT2D eigenvalue weighted by Gasteiger charge is 2.24. The van der Waals surface area contributed by atoms with Crippen LogP contribution in [-0.2, 0) is 9.53 Å². The van der Waals surface area contributed by atoms with E-state index in [2.05, 4.69) is 10.3 Å². The quantitative estimate of drug-likeness (QED) is 0.848. The lowest BCUT2D eigenvalue weighted by atomic mass is 10.2. The first-order chi connectivity index (χ1) is 11.2. The van der Waals surface area contributed by atoms with E-state index in [0.29, 0.717) is 29.7 Å². The summed E-state index contributed by atoms with van der Waals surface area (Å²) in [6.45, 7) is 2.44. The minimum atomic E-state index is -0.458. The van der Waals surface area contributed by atoms with Crippen LogP contribution in [0, 0.1) is 5.92 Å². The predicted octanol–water partition coefficient (Wildman–Crippen LogP) is 3.63. The van der Waals surface area contributed by atoms with Crippen molar-refractivity contribution in [3.05, 3.63) is 48.8 Å². The predicted molar refractivity (Wildman–Crippen MR) is 87.5 cm³/mol. The number of nitrogens with zero attached hydrogens (tertiary/aromatic N) is 1. The molecule has 0 saturated heterocycles. The molecule has 5 nitrogen and oxygen atoms in total. The first kappa shape index (κ1) is 15.5. The molecule has 120 valence electrons. The molecular formula is C18H20N2O3. The number of hydrogen-bond donors (Lipinski definition) is 1. The highest BCUT2D eigenvalue weighted by atomic mass is 16.5. The second-order valence-electron chi connectivity index (χ2n) is 5.72. The molecule has 1 heterocycles. The standard InChI is InChI=1S/C18H20N2O3/c1-13(22-12-14-5-6-14)18(21)20-15-3-2-4-17(11-15)23-16-7-9-19-10-8-16/h2-4,7-11,13-14H,5-6,12H2,1H3,(H,20,21)/t13-/m1/s1. The molecule has 1 fully saturated rings. The fourth-order valence-electron chi connectivity index (χ4n) is 2.06. The van der Waals surface area contributed by atoms with Crippen LogP contribution < -0.4 is 10.1 Å². The van der Waals surface area contributed by atoms with Gasteiger partial charge in [-0.2, -0.15) is 0 Å². The summed E-state index contributed by atoms with van der Waals surface area (Å²) in [6, 6.07) is 10.8. The lowest BCUT2D eigenvalue weighted by molar-refractivity contribution is -0.126. The number of nitrogens with one attached hydrogen (secondary N) is 1. The Balaban J connectivity index is 1.57. The van der Waals surface area contributed by atoms with Gasteiger partial charge in [-0.15, -0.1) is 0 Å². The third kappa shape index (κ3) is 4.79. The molecule has 1 aromatic heterocycles. The van der Waals surface area contributed by atoms with Crippen LogP contribution >= 0.6 is 0 Å². The summed E-state index contributed by atoms with van der Waals surface area (Å²) in [4.78, 5) is 16.1. The normalized spacial score (nSPS) is 15.0. The highest BCUT2D eigenvalue weighted by Crippen LogP contribution is 2.29. The van der Waals surface area contributed by atoms with Crippen molar-refractivity contribution in [3.8, 4) is 11.5 Å². The molecule has 1 saturated carbocycles. The minimum Gasteiger partial charge on any atom is -0.457 e. The first-order valence-corrected chi connectivity index (χ1v) is 7.81. The van der Waals surface area contributed by atoms with Crippen LogP contribution in [0.1, 0.15) is 19.8 Å². The summed E-state index contributed by atoms with van der Waals surface area (Å²) < 4.78 is 11.3. The molecule has 0 bridgehead atoms. The summed E-state index contributed by atoms with van der Waals surface area (Å²) in [6.07, 6.45) is 5.30. The molecule has 1 aliphatic rings.